The third-order valence-electron chi connectivity index (χ3n) is 4.53. The molecule has 1 fully saturated rings. The van der Waals surface area contributed by atoms with Gasteiger partial charge >= 0.3 is 0 Å². The minimum Gasteiger partial charge on any atom is -0.379 e. The van der Waals surface area contributed by atoms with E-state index in [4.69, 9.17) is 4.74 Å². The van der Waals surface area contributed by atoms with Gasteiger partial charge in [-0.05, 0) is 32.4 Å². The molecule has 0 aliphatic carbocycles. The number of sulfonamides is 1. The van der Waals surface area contributed by atoms with Gasteiger partial charge < -0.3 is 10.1 Å². The van der Waals surface area contributed by atoms with Gasteiger partial charge in [-0.2, -0.15) is 0 Å². The summed E-state index contributed by atoms with van der Waals surface area (Å²) in [5.74, 6) is -0.159. The number of amides is 1. The van der Waals surface area contributed by atoms with E-state index in [9.17, 15) is 13.2 Å². The number of carbonyl (C=O) groups is 1. The molecular weight excluding hydrogens is 354 g/mol. The highest BCUT2D eigenvalue weighted by Crippen LogP contribution is 2.16. The lowest BCUT2D eigenvalue weighted by Gasteiger charge is -2.32. The van der Waals surface area contributed by atoms with Crippen molar-refractivity contribution in [2.24, 2.45) is 0 Å². The van der Waals surface area contributed by atoms with Gasteiger partial charge in [0.25, 0.3) is 0 Å². The van der Waals surface area contributed by atoms with Crippen molar-refractivity contribution in [3.8, 4) is 0 Å². The summed E-state index contributed by atoms with van der Waals surface area (Å²) in [4.78, 5) is 14.5. The number of morpholine rings is 1. The van der Waals surface area contributed by atoms with Crippen LogP contribution in [0.4, 0.5) is 0 Å². The van der Waals surface area contributed by atoms with Crippen LogP contribution in [0, 0.1) is 13.8 Å². The molecule has 8 heteroatoms. The fourth-order valence-corrected chi connectivity index (χ4v) is 4.23. The van der Waals surface area contributed by atoms with Crippen LogP contribution in [0.25, 0.3) is 0 Å². The Hall–Kier alpha value is -1.48. The second-order valence-electron chi connectivity index (χ2n) is 6.72. The number of benzene rings is 1. The maximum absolute atomic E-state index is 12.4. The van der Waals surface area contributed by atoms with Gasteiger partial charge in [0.1, 0.15) is 0 Å². The normalized spacial score (nSPS) is 17.0. The van der Waals surface area contributed by atoms with Crippen LogP contribution in [0.15, 0.2) is 23.1 Å². The van der Waals surface area contributed by atoms with Crippen LogP contribution in [0.2, 0.25) is 0 Å². The number of hydrogen-bond acceptors (Lipinski definition) is 5. The predicted octanol–water partition coefficient (Wildman–Crippen LogP) is 0.809. The Morgan fingerprint density at radius 3 is 2.62 bits per heavy atom. The van der Waals surface area contributed by atoms with Crippen LogP contribution in [-0.2, 0) is 19.6 Å². The Kier molecular flexibility index (Phi) is 7.57. The third-order valence-corrected chi connectivity index (χ3v) is 6.15. The lowest BCUT2D eigenvalue weighted by Crippen LogP contribution is -2.47. The molecule has 0 aromatic heterocycles. The molecule has 1 amide bonds. The summed E-state index contributed by atoms with van der Waals surface area (Å²) in [6.07, 6.45) is 0.111. The first-order valence-electron chi connectivity index (χ1n) is 8.95. The second-order valence-corrected chi connectivity index (χ2v) is 8.45. The molecule has 2 rings (SSSR count). The van der Waals surface area contributed by atoms with Crippen molar-refractivity contribution in [1.82, 2.24) is 14.9 Å². The highest BCUT2D eigenvalue weighted by Gasteiger charge is 2.19. The molecule has 1 aromatic carbocycles. The van der Waals surface area contributed by atoms with Crippen LogP contribution >= 0.6 is 0 Å². The van der Waals surface area contributed by atoms with Crippen LogP contribution in [0.1, 0.15) is 24.5 Å². The predicted molar refractivity (Wildman–Crippen MR) is 101 cm³/mol. The molecule has 1 heterocycles. The smallest absolute Gasteiger partial charge is 0.240 e. The van der Waals surface area contributed by atoms with Gasteiger partial charge in [0.2, 0.25) is 15.9 Å². The molecule has 1 aliphatic rings. The summed E-state index contributed by atoms with van der Waals surface area (Å²) in [6.45, 7) is 9.54. The fourth-order valence-electron chi connectivity index (χ4n) is 2.97. The molecule has 0 saturated carbocycles. The number of nitrogens with zero attached hydrogens (tertiary/aromatic N) is 1. The highest BCUT2D eigenvalue weighted by atomic mass is 32.2. The van der Waals surface area contributed by atoms with E-state index in [1.807, 2.05) is 13.0 Å². The number of rotatable bonds is 8. The fraction of sp³-hybridized carbons (Fsp3) is 0.611. The maximum Gasteiger partial charge on any atom is 0.240 e. The number of hydrogen-bond donors (Lipinski definition) is 2. The monoisotopic (exact) mass is 383 g/mol. The van der Waals surface area contributed by atoms with E-state index in [2.05, 4.69) is 21.9 Å². The molecule has 1 saturated heterocycles. The highest BCUT2D eigenvalue weighted by molar-refractivity contribution is 7.89. The first-order chi connectivity index (χ1) is 12.3. The molecule has 1 aliphatic heterocycles. The van der Waals surface area contributed by atoms with E-state index in [0.29, 0.717) is 12.1 Å². The van der Waals surface area contributed by atoms with Crippen molar-refractivity contribution in [3.05, 3.63) is 29.3 Å². The van der Waals surface area contributed by atoms with E-state index in [1.165, 1.54) is 0 Å². The zero-order valence-corrected chi connectivity index (χ0v) is 16.6. The summed E-state index contributed by atoms with van der Waals surface area (Å²) in [7, 11) is -3.60. The van der Waals surface area contributed by atoms with Gasteiger partial charge in [0.05, 0.1) is 18.1 Å². The Bertz CT molecular complexity index is 715. The largest absolute Gasteiger partial charge is 0.379 e. The summed E-state index contributed by atoms with van der Waals surface area (Å²) in [6, 6.07) is 5.42. The van der Waals surface area contributed by atoms with Crippen LogP contribution < -0.4 is 10.0 Å². The lowest BCUT2D eigenvalue weighted by atomic mass is 10.2. The van der Waals surface area contributed by atoms with E-state index < -0.39 is 10.0 Å². The van der Waals surface area contributed by atoms with Crippen LogP contribution in [-0.4, -0.2) is 64.7 Å². The van der Waals surface area contributed by atoms with Crippen molar-refractivity contribution in [3.63, 3.8) is 0 Å². The van der Waals surface area contributed by atoms with Gasteiger partial charge in [-0.15, -0.1) is 0 Å². The number of aryl methyl sites for hydroxylation is 2. The van der Waals surface area contributed by atoms with Gasteiger partial charge in [0.15, 0.2) is 0 Å². The molecule has 26 heavy (non-hydrogen) atoms. The molecule has 1 aromatic rings. The van der Waals surface area contributed by atoms with Gasteiger partial charge in [-0.3, -0.25) is 9.69 Å². The summed E-state index contributed by atoms with van der Waals surface area (Å²) < 4.78 is 32.5. The van der Waals surface area contributed by atoms with E-state index in [0.717, 1.165) is 31.9 Å². The first-order valence-corrected chi connectivity index (χ1v) is 10.4. The van der Waals surface area contributed by atoms with Crippen molar-refractivity contribution in [2.75, 3.05) is 39.4 Å². The first kappa shape index (κ1) is 20.8. The quantitative estimate of drug-likeness (QED) is 0.694. The summed E-state index contributed by atoms with van der Waals surface area (Å²) in [5.41, 5.74) is 1.71. The standard InChI is InChI=1S/C18H29N3O4S/c1-14-4-5-17(15(2)12-14)26(23,24)20-7-6-18(22)19-13-16(3)21-8-10-25-11-9-21/h4-5,12,16,20H,6-11,13H2,1-3H3,(H,19,22). The van der Waals surface area contributed by atoms with Crippen LogP contribution in [0.5, 0.6) is 0 Å². The molecule has 1 unspecified atom stereocenters. The Morgan fingerprint density at radius 1 is 1.27 bits per heavy atom. The zero-order chi connectivity index (χ0) is 19.2. The Morgan fingerprint density at radius 2 is 1.96 bits per heavy atom. The lowest BCUT2D eigenvalue weighted by molar-refractivity contribution is -0.121. The Labute approximate surface area is 156 Å². The summed E-state index contributed by atoms with van der Waals surface area (Å²) >= 11 is 0. The summed E-state index contributed by atoms with van der Waals surface area (Å²) in [5, 5.41) is 2.87. The minimum absolute atomic E-state index is 0.0768. The van der Waals surface area contributed by atoms with Gasteiger partial charge in [-0.25, -0.2) is 13.1 Å². The molecular formula is C18H29N3O4S. The number of carbonyl (C=O) groups excluding carboxylic acids is 1. The average Bonchev–Trinajstić information content (AvgIpc) is 2.60. The Balaban J connectivity index is 1.75. The van der Waals surface area contributed by atoms with Crippen molar-refractivity contribution >= 4 is 15.9 Å². The van der Waals surface area contributed by atoms with Crippen molar-refractivity contribution < 1.29 is 17.9 Å². The van der Waals surface area contributed by atoms with Gasteiger partial charge in [-0.1, -0.05) is 17.7 Å². The number of nitrogens with one attached hydrogen (secondary N) is 2. The molecule has 0 spiro atoms. The maximum atomic E-state index is 12.4. The minimum atomic E-state index is -3.60. The van der Waals surface area contributed by atoms with Crippen molar-refractivity contribution in [1.29, 1.82) is 0 Å². The zero-order valence-electron chi connectivity index (χ0n) is 15.7. The molecule has 7 nitrogen and oxygen atoms in total. The molecule has 0 bridgehead atoms. The van der Waals surface area contributed by atoms with Crippen LogP contribution in [0.3, 0.4) is 0 Å². The average molecular weight is 384 g/mol. The van der Waals surface area contributed by atoms with E-state index in [1.54, 1.807) is 19.1 Å². The topological polar surface area (TPSA) is 87.7 Å². The third kappa shape index (κ3) is 6.05. The molecule has 0 radical (unpaired) electrons. The van der Waals surface area contributed by atoms with Crippen molar-refractivity contribution in [2.45, 2.75) is 38.1 Å². The van der Waals surface area contributed by atoms with Gasteiger partial charge in [0, 0.05) is 38.6 Å². The molecule has 146 valence electrons. The molecule has 2 N–H and O–H groups in total. The SMILES string of the molecule is Cc1ccc(S(=O)(=O)NCCC(=O)NCC(C)N2CCOCC2)c(C)c1. The number of ether oxygens (including phenoxy) is 1. The van der Waals surface area contributed by atoms with E-state index in [-0.39, 0.29) is 29.8 Å². The van der Waals surface area contributed by atoms with E-state index >= 15 is 0 Å². The second kappa shape index (κ2) is 9.45. The molecule has 1 atom stereocenters.